The minimum atomic E-state index is 0.778. The van der Waals surface area contributed by atoms with Gasteiger partial charge in [0, 0.05) is 0 Å². The molecule has 96 valence electrons. The van der Waals surface area contributed by atoms with Crippen LogP contribution in [0.3, 0.4) is 0 Å². The first-order valence-electron chi connectivity index (χ1n) is 7.37. The second kappa shape index (κ2) is 11.2. The van der Waals surface area contributed by atoms with Gasteiger partial charge in [0.05, 0.1) is 0 Å². The van der Waals surface area contributed by atoms with E-state index in [2.05, 4.69) is 39.8 Å². The number of rotatable bonds is 10. The van der Waals surface area contributed by atoms with Gasteiger partial charge >= 0.3 is 0 Å². The van der Waals surface area contributed by atoms with E-state index in [1.807, 2.05) is 0 Å². The van der Waals surface area contributed by atoms with Crippen LogP contribution in [-0.2, 0) is 0 Å². The molecule has 0 N–H and O–H groups in total. The lowest BCUT2D eigenvalue weighted by molar-refractivity contribution is 0.467. The van der Waals surface area contributed by atoms with Crippen molar-refractivity contribution in [3.63, 3.8) is 0 Å². The highest BCUT2D eigenvalue weighted by molar-refractivity contribution is 4.86. The molecular weight excluding hydrogens is 192 g/mol. The van der Waals surface area contributed by atoms with Crippen molar-refractivity contribution in [1.29, 1.82) is 0 Å². The number of hydrogen-bond donors (Lipinski definition) is 0. The lowest BCUT2D eigenvalue weighted by atomic mass is 9.97. The zero-order valence-electron chi connectivity index (χ0n) is 12.0. The maximum atomic E-state index is 2.41. The summed E-state index contributed by atoms with van der Waals surface area (Å²) in [4.78, 5) is 0. The Labute approximate surface area is 104 Å². The lowest BCUT2D eigenvalue weighted by Gasteiger charge is -2.09. The monoisotopic (exact) mass is 224 g/mol. The highest BCUT2D eigenvalue weighted by Crippen LogP contribution is 2.15. The molecule has 0 aliphatic rings. The van der Waals surface area contributed by atoms with Gasteiger partial charge in [0.25, 0.3) is 0 Å². The Balaban J connectivity index is 3.41. The van der Waals surface area contributed by atoms with Crippen LogP contribution < -0.4 is 0 Å². The minimum absolute atomic E-state index is 0.778. The van der Waals surface area contributed by atoms with Gasteiger partial charge in [-0.2, -0.15) is 0 Å². The van der Waals surface area contributed by atoms with Crippen molar-refractivity contribution in [1.82, 2.24) is 0 Å². The number of unbranched alkanes of at least 4 members (excludes halogenated alkanes) is 2. The average molecular weight is 224 g/mol. The van der Waals surface area contributed by atoms with Crippen molar-refractivity contribution in [2.45, 2.75) is 79.1 Å². The first-order valence-corrected chi connectivity index (χ1v) is 7.37. The zero-order chi connectivity index (χ0) is 12.2. The van der Waals surface area contributed by atoms with Crippen LogP contribution in [0.4, 0.5) is 0 Å². The Morgan fingerprint density at radius 3 is 2.25 bits per heavy atom. The normalized spacial score (nSPS) is 15.5. The molecule has 0 fully saturated rings. The fourth-order valence-corrected chi connectivity index (χ4v) is 2.15. The highest BCUT2D eigenvalue weighted by atomic mass is 14.1. The molecule has 0 aromatic rings. The van der Waals surface area contributed by atoms with Crippen molar-refractivity contribution in [2.24, 2.45) is 11.8 Å². The number of allylic oxidation sites excluding steroid dienone is 2. The highest BCUT2D eigenvalue weighted by Gasteiger charge is 2.00. The number of hydrogen-bond acceptors (Lipinski definition) is 0. The molecule has 0 aliphatic heterocycles. The van der Waals surface area contributed by atoms with E-state index in [1.165, 1.54) is 51.4 Å². The van der Waals surface area contributed by atoms with E-state index in [1.54, 1.807) is 0 Å². The summed E-state index contributed by atoms with van der Waals surface area (Å²) in [6.07, 6.45) is 15.7. The molecule has 0 heterocycles. The van der Waals surface area contributed by atoms with Crippen molar-refractivity contribution >= 4 is 0 Å². The summed E-state index contributed by atoms with van der Waals surface area (Å²) in [6, 6.07) is 0. The lowest BCUT2D eigenvalue weighted by Crippen LogP contribution is -1.94. The first-order chi connectivity index (χ1) is 7.70. The molecule has 0 aromatic carbocycles. The van der Waals surface area contributed by atoms with Gasteiger partial charge in [-0.15, -0.1) is 0 Å². The standard InChI is InChI=1S/C16H32/c1-5-7-8-12-16(4)14-10-9-13-15(3)11-6-2/h9,13,15-16H,5-8,10-12,14H2,1-4H3. The van der Waals surface area contributed by atoms with Crippen LogP contribution in [0.2, 0.25) is 0 Å². The van der Waals surface area contributed by atoms with Gasteiger partial charge in [-0.05, 0) is 31.1 Å². The molecule has 0 heteroatoms. The molecule has 0 aliphatic carbocycles. The molecule has 0 radical (unpaired) electrons. The van der Waals surface area contributed by atoms with Gasteiger partial charge in [0.15, 0.2) is 0 Å². The van der Waals surface area contributed by atoms with E-state index in [9.17, 15) is 0 Å². The smallest absolute Gasteiger partial charge is 0.0262 e. The van der Waals surface area contributed by atoms with E-state index < -0.39 is 0 Å². The third kappa shape index (κ3) is 10.3. The van der Waals surface area contributed by atoms with Gasteiger partial charge in [0.2, 0.25) is 0 Å². The van der Waals surface area contributed by atoms with Crippen molar-refractivity contribution in [3.05, 3.63) is 12.2 Å². The van der Waals surface area contributed by atoms with Crippen molar-refractivity contribution in [3.8, 4) is 0 Å². The van der Waals surface area contributed by atoms with Gasteiger partial charge in [-0.25, -0.2) is 0 Å². The summed E-state index contributed by atoms with van der Waals surface area (Å²) in [5, 5.41) is 0. The van der Waals surface area contributed by atoms with Gasteiger partial charge in [0.1, 0.15) is 0 Å². The van der Waals surface area contributed by atoms with Crippen LogP contribution in [0, 0.1) is 11.8 Å². The van der Waals surface area contributed by atoms with E-state index in [0.29, 0.717) is 0 Å². The van der Waals surface area contributed by atoms with Crippen LogP contribution in [0.1, 0.15) is 79.1 Å². The van der Waals surface area contributed by atoms with Gasteiger partial charge < -0.3 is 0 Å². The second-order valence-electron chi connectivity index (χ2n) is 5.37. The Kier molecular flexibility index (Phi) is 11.0. The molecule has 0 aromatic heterocycles. The molecule has 0 nitrogen and oxygen atoms in total. The Hall–Kier alpha value is -0.260. The van der Waals surface area contributed by atoms with E-state index in [4.69, 9.17) is 0 Å². The third-order valence-electron chi connectivity index (χ3n) is 3.34. The molecule has 0 saturated carbocycles. The summed E-state index contributed by atoms with van der Waals surface area (Å²) >= 11 is 0. The first kappa shape index (κ1) is 15.7. The Morgan fingerprint density at radius 1 is 0.875 bits per heavy atom. The maximum absolute atomic E-state index is 2.41. The molecule has 2 atom stereocenters. The summed E-state index contributed by atoms with van der Waals surface area (Å²) in [5.41, 5.74) is 0. The zero-order valence-corrected chi connectivity index (χ0v) is 12.0. The van der Waals surface area contributed by atoms with Gasteiger partial charge in [-0.3, -0.25) is 0 Å². The predicted octanol–water partition coefficient (Wildman–Crippen LogP) is 5.98. The molecular formula is C16H32. The third-order valence-corrected chi connectivity index (χ3v) is 3.34. The van der Waals surface area contributed by atoms with E-state index >= 15 is 0 Å². The SMILES string of the molecule is CCCCCC(C)CCC=CC(C)CCC. The van der Waals surface area contributed by atoms with Crippen molar-refractivity contribution in [2.75, 3.05) is 0 Å². The van der Waals surface area contributed by atoms with Crippen molar-refractivity contribution < 1.29 is 0 Å². The maximum Gasteiger partial charge on any atom is -0.0262 e. The fourth-order valence-electron chi connectivity index (χ4n) is 2.15. The predicted molar refractivity (Wildman–Crippen MR) is 75.8 cm³/mol. The summed E-state index contributed by atoms with van der Waals surface area (Å²) < 4.78 is 0. The van der Waals surface area contributed by atoms with Crippen LogP contribution in [0.5, 0.6) is 0 Å². The minimum Gasteiger partial charge on any atom is -0.0883 e. The van der Waals surface area contributed by atoms with E-state index in [0.717, 1.165) is 11.8 Å². The van der Waals surface area contributed by atoms with Crippen LogP contribution in [0.15, 0.2) is 12.2 Å². The summed E-state index contributed by atoms with van der Waals surface area (Å²) in [6.45, 7) is 9.27. The topological polar surface area (TPSA) is 0 Å². The van der Waals surface area contributed by atoms with Crippen LogP contribution in [-0.4, -0.2) is 0 Å². The fraction of sp³-hybridized carbons (Fsp3) is 0.875. The largest absolute Gasteiger partial charge is 0.0883 e. The molecule has 0 spiro atoms. The van der Waals surface area contributed by atoms with Crippen LogP contribution >= 0.6 is 0 Å². The Morgan fingerprint density at radius 2 is 1.62 bits per heavy atom. The molecule has 0 rings (SSSR count). The average Bonchev–Trinajstić information content (AvgIpc) is 2.25. The molecule has 0 saturated heterocycles. The molecule has 2 unspecified atom stereocenters. The summed E-state index contributed by atoms with van der Waals surface area (Å²) in [5.74, 6) is 1.69. The van der Waals surface area contributed by atoms with E-state index in [-0.39, 0.29) is 0 Å². The molecule has 0 amide bonds. The summed E-state index contributed by atoms with van der Waals surface area (Å²) in [7, 11) is 0. The molecule has 0 bridgehead atoms. The van der Waals surface area contributed by atoms with Gasteiger partial charge in [-0.1, -0.05) is 72.0 Å². The van der Waals surface area contributed by atoms with Crippen LogP contribution in [0.25, 0.3) is 0 Å². The quantitative estimate of drug-likeness (QED) is 0.316. The molecule has 16 heavy (non-hydrogen) atoms. The second-order valence-corrected chi connectivity index (χ2v) is 5.37. The Bertz CT molecular complexity index is 157.